The third kappa shape index (κ3) is 7.90. The highest BCUT2D eigenvalue weighted by atomic mass is 16.5. The maximum absolute atomic E-state index is 12.2. The van der Waals surface area contributed by atoms with Crippen molar-refractivity contribution in [2.24, 2.45) is 0 Å². The van der Waals surface area contributed by atoms with Crippen LogP contribution < -0.4 is 10.6 Å². The predicted octanol–water partition coefficient (Wildman–Crippen LogP) is 2.71. The van der Waals surface area contributed by atoms with Gasteiger partial charge in [0.15, 0.2) is 6.61 Å². The van der Waals surface area contributed by atoms with Crippen LogP contribution in [0, 0.1) is 0 Å². The van der Waals surface area contributed by atoms with Gasteiger partial charge in [-0.25, -0.2) is 4.79 Å². The number of hydrogen-bond donors (Lipinski definition) is 2. The quantitative estimate of drug-likeness (QED) is 0.419. The van der Waals surface area contributed by atoms with E-state index in [1.807, 2.05) is 18.2 Å². The molecular formula is C21H26N2O4. The Hall–Kier alpha value is -2.89. The molecule has 0 aliphatic heterocycles. The molecule has 1 aromatic carbocycles. The molecule has 1 aromatic rings. The van der Waals surface area contributed by atoms with Gasteiger partial charge in [0.25, 0.3) is 5.91 Å². The molecule has 1 aliphatic rings. The normalized spacial score (nSPS) is 14.1. The van der Waals surface area contributed by atoms with Crippen molar-refractivity contribution < 1.29 is 19.1 Å². The number of esters is 1. The molecule has 1 aliphatic carbocycles. The summed E-state index contributed by atoms with van der Waals surface area (Å²) >= 11 is 0. The molecule has 0 heterocycles. The largest absolute Gasteiger partial charge is 0.451 e. The number of allylic oxidation sites excluding steroid dienone is 1. The van der Waals surface area contributed by atoms with Crippen molar-refractivity contribution in [1.29, 1.82) is 0 Å². The topological polar surface area (TPSA) is 84.5 Å². The molecule has 6 heteroatoms. The van der Waals surface area contributed by atoms with Crippen LogP contribution >= 0.6 is 0 Å². The van der Waals surface area contributed by atoms with Crippen LogP contribution in [-0.2, 0) is 19.1 Å². The Labute approximate surface area is 159 Å². The molecule has 0 atom stereocenters. The summed E-state index contributed by atoms with van der Waals surface area (Å²) in [5, 5.41) is 5.20. The summed E-state index contributed by atoms with van der Waals surface area (Å²) < 4.78 is 5.03. The van der Waals surface area contributed by atoms with Crippen LogP contribution in [0.1, 0.15) is 44.6 Å². The Morgan fingerprint density at radius 2 is 1.93 bits per heavy atom. The van der Waals surface area contributed by atoms with Crippen LogP contribution in [-0.4, -0.2) is 30.9 Å². The second-order valence-corrected chi connectivity index (χ2v) is 6.43. The predicted molar refractivity (Wildman–Crippen MR) is 103 cm³/mol. The van der Waals surface area contributed by atoms with Crippen LogP contribution in [0.2, 0.25) is 0 Å². The lowest BCUT2D eigenvalue weighted by Gasteiger charge is -2.13. The zero-order chi connectivity index (χ0) is 19.5. The molecule has 144 valence electrons. The molecule has 2 rings (SSSR count). The fourth-order valence-corrected chi connectivity index (χ4v) is 2.81. The summed E-state index contributed by atoms with van der Waals surface area (Å²) in [6, 6.07) is 9.07. The number of amides is 2. The molecule has 0 saturated carbocycles. The number of carbonyl (C=O) groups excluding carboxylic acids is 3. The van der Waals surface area contributed by atoms with Crippen molar-refractivity contribution in [2.45, 2.75) is 39.0 Å². The number of rotatable bonds is 8. The van der Waals surface area contributed by atoms with E-state index in [4.69, 9.17) is 4.74 Å². The van der Waals surface area contributed by atoms with Crippen molar-refractivity contribution in [3.8, 4) is 0 Å². The molecule has 0 bridgehead atoms. The van der Waals surface area contributed by atoms with Gasteiger partial charge in [0.1, 0.15) is 5.70 Å². The first kappa shape index (κ1) is 20.4. The molecule has 2 N–H and O–H groups in total. The van der Waals surface area contributed by atoms with Crippen molar-refractivity contribution in [3.05, 3.63) is 53.2 Å². The molecular weight excluding hydrogens is 344 g/mol. The van der Waals surface area contributed by atoms with E-state index in [1.165, 1.54) is 31.4 Å². The standard InChI is InChI=1S/C21H26N2O4/c1-16(24)23-19(14-18-10-6-3-7-11-18)21(26)27-15-20(25)22-13-12-17-8-4-2-5-9-17/h3,6-8,10-11,14H,2,4-5,9,12-13,15H2,1H3,(H,22,25)(H,23,24)/b19-14+. The fraction of sp³-hybridized carbons (Fsp3) is 0.381. The number of hydrogen-bond acceptors (Lipinski definition) is 4. The minimum atomic E-state index is -0.751. The van der Waals surface area contributed by atoms with E-state index in [9.17, 15) is 14.4 Å². The third-order valence-electron chi connectivity index (χ3n) is 4.13. The molecule has 0 radical (unpaired) electrons. The van der Waals surface area contributed by atoms with Gasteiger partial charge < -0.3 is 15.4 Å². The summed E-state index contributed by atoms with van der Waals surface area (Å²) in [5.41, 5.74) is 2.11. The monoisotopic (exact) mass is 370 g/mol. The Balaban J connectivity index is 1.81. The van der Waals surface area contributed by atoms with Gasteiger partial charge in [0, 0.05) is 13.5 Å². The van der Waals surface area contributed by atoms with Crippen molar-refractivity contribution >= 4 is 23.9 Å². The second kappa shape index (κ2) is 11.0. The first-order valence-electron chi connectivity index (χ1n) is 9.20. The smallest absolute Gasteiger partial charge is 0.355 e. The second-order valence-electron chi connectivity index (χ2n) is 6.43. The van der Waals surface area contributed by atoms with E-state index in [0.29, 0.717) is 6.54 Å². The molecule has 0 aromatic heterocycles. The van der Waals surface area contributed by atoms with Crippen molar-refractivity contribution in [2.75, 3.05) is 13.2 Å². The van der Waals surface area contributed by atoms with Crippen LogP contribution in [0.15, 0.2) is 47.7 Å². The molecule has 6 nitrogen and oxygen atoms in total. The summed E-state index contributed by atoms with van der Waals surface area (Å²) in [5.74, 6) is -1.50. The van der Waals surface area contributed by atoms with Crippen LogP contribution in [0.5, 0.6) is 0 Å². The van der Waals surface area contributed by atoms with E-state index >= 15 is 0 Å². The molecule has 27 heavy (non-hydrogen) atoms. The third-order valence-corrected chi connectivity index (χ3v) is 4.13. The fourth-order valence-electron chi connectivity index (χ4n) is 2.81. The van der Waals surface area contributed by atoms with Gasteiger partial charge in [0.2, 0.25) is 5.91 Å². The van der Waals surface area contributed by atoms with E-state index < -0.39 is 5.97 Å². The Kier molecular flexibility index (Phi) is 8.29. The lowest BCUT2D eigenvalue weighted by molar-refractivity contribution is -0.145. The number of carbonyl (C=O) groups is 3. The highest BCUT2D eigenvalue weighted by Gasteiger charge is 2.15. The van der Waals surface area contributed by atoms with E-state index in [0.717, 1.165) is 24.8 Å². The first-order valence-corrected chi connectivity index (χ1v) is 9.20. The van der Waals surface area contributed by atoms with E-state index in [-0.39, 0.29) is 24.1 Å². The van der Waals surface area contributed by atoms with Gasteiger partial charge in [-0.1, -0.05) is 42.0 Å². The Morgan fingerprint density at radius 1 is 1.15 bits per heavy atom. The highest BCUT2D eigenvalue weighted by Crippen LogP contribution is 2.19. The highest BCUT2D eigenvalue weighted by molar-refractivity contribution is 5.98. The minimum absolute atomic E-state index is 0.00568. The molecule has 2 amide bonds. The Bertz CT molecular complexity index is 723. The average Bonchev–Trinajstić information content (AvgIpc) is 2.67. The molecule has 0 saturated heterocycles. The molecule has 0 unspecified atom stereocenters. The number of nitrogens with one attached hydrogen (secondary N) is 2. The first-order chi connectivity index (χ1) is 13.0. The summed E-state index contributed by atoms with van der Waals surface area (Å²) in [6.07, 6.45) is 9.22. The number of benzene rings is 1. The Morgan fingerprint density at radius 3 is 2.59 bits per heavy atom. The minimum Gasteiger partial charge on any atom is -0.451 e. The van der Waals surface area contributed by atoms with E-state index in [1.54, 1.807) is 12.1 Å². The van der Waals surface area contributed by atoms with Gasteiger partial charge >= 0.3 is 5.97 Å². The van der Waals surface area contributed by atoms with Crippen molar-refractivity contribution in [1.82, 2.24) is 10.6 Å². The molecule has 0 spiro atoms. The van der Waals surface area contributed by atoms with E-state index in [2.05, 4.69) is 16.7 Å². The maximum Gasteiger partial charge on any atom is 0.355 e. The van der Waals surface area contributed by atoms with Gasteiger partial charge in [0.05, 0.1) is 0 Å². The summed E-state index contributed by atoms with van der Waals surface area (Å²) in [7, 11) is 0. The summed E-state index contributed by atoms with van der Waals surface area (Å²) in [6.45, 7) is 1.45. The lowest BCUT2D eigenvalue weighted by Crippen LogP contribution is -2.32. The van der Waals surface area contributed by atoms with Crippen molar-refractivity contribution in [3.63, 3.8) is 0 Å². The summed E-state index contributed by atoms with van der Waals surface area (Å²) in [4.78, 5) is 35.4. The molecule has 0 fully saturated rings. The number of ether oxygens (including phenoxy) is 1. The van der Waals surface area contributed by atoms with Gasteiger partial charge in [-0.15, -0.1) is 0 Å². The SMILES string of the molecule is CC(=O)N/C(=C/c1ccccc1)C(=O)OCC(=O)NCCC1=CCCCC1. The maximum atomic E-state index is 12.2. The lowest BCUT2D eigenvalue weighted by atomic mass is 9.97. The zero-order valence-corrected chi connectivity index (χ0v) is 15.6. The van der Waals surface area contributed by atoms with Crippen LogP contribution in [0.4, 0.5) is 0 Å². The van der Waals surface area contributed by atoms with Crippen LogP contribution in [0.3, 0.4) is 0 Å². The van der Waals surface area contributed by atoms with Crippen LogP contribution in [0.25, 0.3) is 6.08 Å². The zero-order valence-electron chi connectivity index (χ0n) is 15.6. The van der Waals surface area contributed by atoms with Gasteiger partial charge in [-0.2, -0.15) is 0 Å². The van der Waals surface area contributed by atoms with Gasteiger partial charge in [-0.3, -0.25) is 9.59 Å². The van der Waals surface area contributed by atoms with Gasteiger partial charge in [-0.05, 0) is 43.7 Å². The average molecular weight is 370 g/mol.